The Balaban J connectivity index is 2.39. The van der Waals surface area contributed by atoms with Crippen molar-refractivity contribution in [3.63, 3.8) is 0 Å². The molecule has 0 amide bonds. The zero-order chi connectivity index (χ0) is 10.2. The summed E-state index contributed by atoms with van der Waals surface area (Å²) in [7, 11) is 0. The molecule has 3 heteroatoms. The molecule has 1 saturated carbocycles. The number of nitriles is 1. The first-order valence-corrected chi connectivity index (χ1v) is 4.47. The van der Waals surface area contributed by atoms with Gasteiger partial charge in [-0.2, -0.15) is 14.0 Å². The number of benzene rings is 1. The Kier molecular flexibility index (Phi) is 1.81. The monoisotopic (exact) mass is 193 g/mol. The van der Waals surface area contributed by atoms with E-state index in [-0.39, 0.29) is 5.56 Å². The topological polar surface area (TPSA) is 23.8 Å². The molecular weight excluding hydrogens is 184 g/mol. The molecule has 0 aliphatic heterocycles. The zero-order valence-electron chi connectivity index (χ0n) is 7.50. The Morgan fingerprint density at radius 2 is 1.79 bits per heavy atom. The van der Waals surface area contributed by atoms with Crippen LogP contribution in [0.1, 0.15) is 18.4 Å². The lowest BCUT2D eigenvalue weighted by molar-refractivity contribution is -0.0567. The molecule has 0 spiro atoms. The highest BCUT2D eigenvalue weighted by Crippen LogP contribution is 2.60. The van der Waals surface area contributed by atoms with Gasteiger partial charge in [0.15, 0.2) is 0 Å². The van der Waals surface area contributed by atoms with Gasteiger partial charge in [0.2, 0.25) is 0 Å². The van der Waals surface area contributed by atoms with Crippen LogP contribution in [0.2, 0.25) is 0 Å². The standard InChI is InChI=1S/C11H9F2N/c12-11(13,10(8-14)6-7-10)9-4-2-1-3-5-9/h1-5H,6-7H2. The molecule has 1 nitrogen and oxygen atoms in total. The van der Waals surface area contributed by atoms with Crippen LogP contribution in [0.4, 0.5) is 8.78 Å². The van der Waals surface area contributed by atoms with Crippen LogP contribution in [0.3, 0.4) is 0 Å². The van der Waals surface area contributed by atoms with E-state index >= 15 is 0 Å². The Bertz CT molecular complexity index is 374. The first-order valence-electron chi connectivity index (χ1n) is 4.47. The SMILES string of the molecule is N#CC1(C(F)(F)c2ccccc2)CC1. The highest BCUT2D eigenvalue weighted by molar-refractivity contribution is 5.30. The summed E-state index contributed by atoms with van der Waals surface area (Å²) in [6.07, 6.45) is 0.594. The third-order valence-corrected chi connectivity index (χ3v) is 2.70. The van der Waals surface area contributed by atoms with E-state index in [4.69, 9.17) is 5.26 Å². The molecule has 1 aliphatic carbocycles. The van der Waals surface area contributed by atoms with Gasteiger partial charge >= 0.3 is 0 Å². The van der Waals surface area contributed by atoms with E-state index in [1.807, 2.05) is 0 Å². The molecule has 0 radical (unpaired) electrons. The largest absolute Gasteiger partial charge is 0.291 e. The molecule has 0 N–H and O–H groups in total. The molecule has 1 aliphatic rings. The molecule has 1 aromatic carbocycles. The third kappa shape index (κ3) is 1.11. The summed E-state index contributed by atoms with van der Waals surface area (Å²) in [5.74, 6) is -3.01. The molecule has 0 saturated heterocycles. The molecule has 1 fully saturated rings. The van der Waals surface area contributed by atoms with Crippen molar-refractivity contribution in [1.29, 1.82) is 5.26 Å². The maximum absolute atomic E-state index is 13.8. The summed E-state index contributed by atoms with van der Waals surface area (Å²) >= 11 is 0. The van der Waals surface area contributed by atoms with E-state index in [0.717, 1.165) is 0 Å². The number of rotatable bonds is 2. The van der Waals surface area contributed by atoms with Crippen LogP contribution in [0.15, 0.2) is 30.3 Å². The molecule has 1 aromatic rings. The lowest BCUT2D eigenvalue weighted by atomic mass is 9.93. The highest BCUT2D eigenvalue weighted by atomic mass is 19.3. The number of nitrogens with zero attached hydrogens (tertiary/aromatic N) is 1. The van der Waals surface area contributed by atoms with Crippen LogP contribution in [0.5, 0.6) is 0 Å². The summed E-state index contributed by atoms with van der Waals surface area (Å²) in [6, 6.07) is 9.30. The van der Waals surface area contributed by atoms with E-state index in [0.29, 0.717) is 12.8 Å². The van der Waals surface area contributed by atoms with Crippen molar-refractivity contribution in [2.45, 2.75) is 18.8 Å². The van der Waals surface area contributed by atoms with Crippen molar-refractivity contribution < 1.29 is 8.78 Å². The second kappa shape index (κ2) is 2.78. The number of alkyl halides is 2. The predicted octanol–water partition coefficient (Wildman–Crippen LogP) is 3.08. The average Bonchev–Trinajstić information content (AvgIpc) is 3.00. The second-order valence-electron chi connectivity index (χ2n) is 3.63. The minimum Gasteiger partial charge on any atom is -0.200 e. The van der Waals surface area contributed by atoms with Gasteiger partial charge in [-0.05, 0) is 12.8 Å². The average molecular weight is 193 g/mol. The van der Waals surface area contributed by atoms with Crippen molar-refractivity contribution >= 4 is 0 Å². The summed E-state index contributed by atoms with van der Waals surface area (Å²) in [6.45, 7) is 0. The maximum Gasteiger partial charge on any atom is 0.291 e. The molecule has 0 aromatic heterocycles. The smallest absolute Gasteiger partial charge is 0.200 e. The van der Waals surface area contributed by atoms with E-state index in [1.165, 1.54) is 12.1 Å². The lowest BCUT2D eigenvalue weighted by Gasteiger charge is -2.21. The van der Waals surface area contributed by atoms with Crippen LogP contribution in [-0.4, -0.2) is 0 Å². The van der Waals surface area contributed by atoms with Crippen LogP contribution >= 0.6 is 0 Å². The molecular formula is C11H9F2N. The van der Waals surface area contributed by atoms with E-state index in [1.54, 1.807) is 24.3 Å². The fourth-order valence-corrected chi connectivity index (χ4v) is 1.54. The van der Waals surface area contributed by atoms with Gasteiger partial charge in [0.1, 0.15) is 5.41 Å². The summed E-state index contributed by atoms with van der Waals surface area (Å²) < 4.78 is 27.5. The molecule has 0 bridgehead atoms. The number of halogens is 2. The molecule has 72 valence electrons. The van der Waals surface area contributed by atoms with Crippen molar-refractivity contribution in [1.82, 2.24) is 0 Å². The summed E-state index contributed by atoms with van der Waals surface area (Å²) in [4.78, 5) is 0. The lowest BCUT2D eigenvalue weighted by Crippen LogP contribution is -2.25. The Morgan fingerprint density at radius 3 is 2.21 bits per heavy atom. The van der Waals surface area contributed by atoms with Gasteiger partial charge in [0.05, 0.1) is 6.07 Å². The molecule has 0 atom stereocenters. The van der Waals surface area contributed by atoms with Crippen molar-refractivity contribution in [2.24, 2.45) is 5.41 Å². The van der Waals surface area contributed by atoms with Crippen molar-refractivity contribution in [3.05, 3.63) is 35.9 Å². The van der Waals surface area contributed by atoms with E-state index in [2.05, 4.69) is 0 Å². The quantitative estimate of drug-likeness (QED) is 0.708. The van der Waals surface area contributed by atoms with Gasteiger partial charge < -0.3 is 0 Å². The van der Waals surface area contributed by atoms with Gasteiger partial charge in [-0.15, -0.1) is 0 Å². The van der Waals surface area contributed by atoms with Gasteiger partial charge in [-0.3, -0.25) is 0 Å². The predicted molar refractivity (Wildman–Crippen MR) is 47.6 cm³/mol. The minimum atomic E-state index is -3.01. The summed E-state index contributed by atoms with van der Waals surface area (Å²) in [5.41, 5.74) is -1.49. The normalized spacial score (nSPS) is 18.6. The Morgan fingerprint density at radius 1 is 1.21 bits per heavy atom. The van der Waals surface area contributed by atoms with Gasteiger partial charge in [0, 0.05) is 5.56 Å². The molecule has 0 heterocycles. The zero-order valence-corrected chi connectivity index (χ0v) is 7.50. The van der Waals surface area contributed by atoms with Crippen LogP contribution in [0.25, 0.3) is 0 Å². The van der Waals surface area contributed by atoms with Gasteiger partial charge in [-0.25, -0.2) is 0 Å². The van der Waals surface area contributed by atoms with Crippen LogP contribution < -0.4 is 0 Å². The first-order chi connectivity index (χ1) is 6.62. The van der Waals surface area contributed by atoms with Gasteiger partial charge in [0.25, 0.3) is 5.92 Å². The fourth-order valence-electron chi connectivity index (χ4n) is 1.54. The van der Waals surface area contributed by atoms with Crippen LogP contribution in [-0.2, 0) is 5.92 Å². The van der Waals surface area contributed by atoms with E-state index in [9.17, 15) is 8.78 Å². The van der Waals surface area contributed by atoms with Gasteiger partial charge in [-0.1, -0.05) is 30.3 Å². The van der Waals surface area contributed by atoms with Crippen molar-refractivity contribution in [3.8, 4) is 6.07 Å². The van der Waals surface area contributed by atoms with Crippen molar-refractivity contribution in [2.75, 3.05) is 0 Å². The van der Waals surface area contributed by atoms with Crippen LogP contribution in [0, 0.1) is 16.7 Å². The number of hydrogen-bond acceptors (Lipinski definition) is 1. The molecule has 0 unspecified atom stereocenters. The highest BCUT2D eigenvalue weighted by Gasteiger charge is 2.63. The summed E-state index contributed by atoms with van der Waals surface area (Å²) in [5, 5.41) is 8.72. The molecule has 14 heavy (non-hydrogen) atoms. The number of hydrogen-bond donors (Lipinski definition) is 0. The minimum absolute atomic E-state index is 0.0564. The first kappa shape index (κ1) is 9.14. The fraction of sp³-hybridized carbons (Fsp3) is 0.364. The Labute approximate surface area is 81.0 Å². The maximum atomic E-state index is 13.8. The third-order valence-electron chi connectivity index (χ3n) is 2.70. The second-order valence-corrected chi connectivity index (χ2v) is 3.63. The van der Waals surface area contributed by atoms with E-state index < -0.39 is 11.3 Å². The molecule has 2 rings (SSSR count). The Hall–Kier alpha value is -1.43.